The summed E-state index contributed by atoms with van der Waals surface area (Å²) in [6.45, 7) is 0.665. The fraction of sp³-hybridized carbons (Fsp3) is 0.130. The minimum absolute atomic E-state index is 0.0218. The van der Waals surface area contributed by atoms with E-state index >= 15 is 0 Å². The number of benzene rings is 2. The van der Waals surface area contributed by atoms with Crippen LogP contribution in [0.25, 0.3) is 10.9 Å². The van der Waals surface area contributed by atoms with Crippen molar-refractivity contribution in [2.24, 2.45) is 0 Å². The zero-order valence-corrected chi connectivity index (χ0v) is 16.2. The van der Waals surface area contributed by atoms with Crippen molar-refractivity contribution >= 4 is 34.3 Å². The van der Waals surface area contributed by atoms with Crippen LogP contribution >= 0.6 is 11.8 Å². The molecule has 4 aromatic rings. The molecule has 0 saturated heterocycles. The molecule has 140 valence electrons. The van der Waals surface area contributed by atoms with Gasteiger partial charge in [0.1, 0.15) is 0 Å². The standard InChI is InChI=1S/C23H21N3OS/c27-23(12-15-26-14-11-19-5-1-2-6-22(19)26)25-20-7-9-21(10-8-20)28-17-18-4-3-13-24-16-18/h1-11,13-14,16H,12,15,17H2,(H,25,27). The molecule has 0 bridgehead atoms. The first-order valence-corrected chi connectivity index (χ1v) is 10.2. The van der Waals surface area contributed by atoms with E-state index in [9.17, 15) is 4.79 Å². The van der Waals surface area contributed by atoms with Crippen LogP contribution in [0.2, 0.25) is 0 Å². The summed E-state index contributed by atoms with van der Waals surface area (Å²) in [5.74, 6) is 0.901. The highest BCUT2D eigenvalue weighted by Crippen LogP contribution is 2.24. The van der Waals surface area contributed by atoms with Crippen LogP contribution in [-0.4, -0.2) is 15.5 Å². The van der Waals surface area contributed by atoms with Crippen LogP contribution in [0.4, 0.5) is 5.69 Å². The highest BCUT2D eigenvalue weighted by Gasteiger charge is 2.05. The van der Waals surface area contributed by atoms with E-state index in [2.05, 4.69) is 39.1 Å². The summed E-state index contributed by atoms with van der Waals surface area (Å²) in [6.07, 6.45) is 6.14. The molecule has 1 N–H and O–H groups in total. The predicted octanol–water partition coefficient (Wildman–Crippen LogP) is 5.36. The average molecular weight is 388 g/mol. The molecule has 0 fully saturated rings. The summed E-state index contributed by atoms with van der Waals surface area (Å²) >= 11 is 1.75. The Morgan fingerprint density at radius 1 is 1.00 bits per heavy atom. The lowest BCUT2D eigenvalue weighted by atomic mass is 10.2. The molecular weight excluding hydrogens is 366 g/mol. The topological polar surface area (TPSA) is 46.9 Å². The maximum atomic E-state index is 12.3. The van der Waals surface area contributed by atoms with Crippen molar-refractivity contribution in [2.75, 3.05) is 5.32 Å². The molecule has 0 spiro atoms. The minimum Gasteiger partial charge on any atom is -0.347 e. The highest BCUT2D eigenvalue weighted by molar-refractivity contribution is 7.98. The number of carbonyl (C=O) groups excluding carboxylic acids is 1. The van der Waals surface area contributed by atoms with Crippen LogP contribution in [0.3, 0.4) is 0 Å². The van der Waals surface area contributed by atoms with Gasteiger partial charge in [0.2, 0.25) is 5.91 Å². The predicted molar refractivity (Wildman–Crippen MR) is 115 cm³/mol. The fourth-order valence-corrected chi connectivity index (χ4v) is 3.90. The van der Waals surface area contributed by atoms with Gasteiger partial charge in [0.15, 0.2) is 0 Å². The zero-order chi connectivity index (χ0) is 19.2. The quantitative estimate of drug-likeness (QED) is 0.434. The Hall–Kier alpha value is -3.05. The van der Waals surface area contributed by atoms with Crippen LogP contribution in [0.15, 0.2) is 90.2 Å². The number of aryl methyl sites for hydroxylation is 1. The van der Waals surface area contributed by atoms with E-state index in [0.717, 1.165) is 17.0 Å². The van der Waals surface area contributed by atoms with Gasteiger partial charge in [-0.2, -0.15) is 0 Å². The maximum Gasteiger partial charge on any atom is 0.226 e. The Morgan fingerprint density at radius 2 is 1.86 bits per heavy atom. The van der Waals surface area contributed by atoms with Gasteiger partial charge in [-0.1, -0.05) is 24.3 Å². The summed E-state index contributed by atoms with van der Waals surface area (Å²) in [7, 11) is 0. The summed E-state index contributed by atoms with van der Waals surface area (Å²) in [4.78, 5) is 17.6. The van der Waals surface area contributed by atoms with Gasteiger partial charge >= 0.3 is 0 Å². The molecule has 4 nitrogen and oxygen atoms in total. The van der Waals surface area contributed by atoms with E-state index in [4.69, 9.17) is 0 Å². The van der Waals surface area contributed by atoms with Crippen LogP contribution in [0.1, 0.15) is 12.0 Å². The van der Waals surface area contributed by atoms with Gasteiger partial charge in [-0.05, 0) is 53.4 Å². The van der Waals surface area contributed by atoms with Crippen molar-refractivity contribution < 1.29 is 4.79 Å². The fourth-order valence-electron chi connectivity index (χ4n) is 3.07. The Kier molecular flexibility index (Phi) is 5.73. The third-order valence-corrected chi connectivity index (χ3v) is 5.61. The number of thioether (sulfide) groups is 1. The first-order valence-electron chi connectivity index (χ1n) is 9.23. The molecule has 28 heavy (non-hydrogen) atoms. The lowest BCUT2D eigenvalue weighted by molar-refractivity contribution is -0.116. The summed E-state index contributed by atoms with van der Waals surface area (Å²) in [5.41, 5.74) is 3.18. The molecule has 0 unspecified atom stereocenters. The number of para-hydroxylation sites is 1. The number of carbonyl (C=O) groups is 1. The Morgan fingerprint density at radius 3 is 2.68 bits per heavy atom. The molecule has 0 saturated carbocycles. The molecule has 2 aromatic carbocycles. The maximum absolute atomic E-state index is 12.3. The van der Waals surface area contributed by atoms with Crippen LogP contribution in [0.5, 0.6) is 0 Å². The molecule has 0 atom stereocenters. The van der Waals surface area contributed by atoms with E-state index < -0.39 is 0 Å². The van der Waals surface area contributed by atoms with Crippen LogP contribution in [-0.2, 0) is 17.1 Å². The van der Waals surface area contributed by atoms with Gasteiger partial charge in [0.25, 0.3) is 0 Å². The average Bonchev–Trinajstić information content (AvgIpc) is 3.16. The normalized spacial score (nSPS) is 10.9. The van der Waals surface area contributed by atoms with Gasteiger partial charge in [0.05, 0.1) is 0 Å². The molecule has 0 radical (unpaired) electrons. The highest BCUT2D eigenvalue weighted by atomic mass is 32.2. The van der Waals surface area contributed by atoms with Crippen molar-refractivity contribution in [3.05, 3.63) is 90.9 Å². The molecule has 0 aliphatic heterocycles. The van der Waals surface area contributed by atoms with E-state index in [1.165, 1.54) is 15.8 Å². The lowest BCUT2D eigenvalue weighted by Crippen LogP contribution is -2.14. The third kappa shape index (κ3) is 4.61. The number of hydrogen-bond donors (Lipinski definition) is 1. The van der Waals surface area contributed by atoms with Gasteiger partial charge in [-0.15, -0.1) is 11.8 Å². The number of amides is 1. The zero-order valence-electron chi connectivity index (χ0n) is 15.4. The van der Waals surface area contributed by atoms with E-state index in [-0.39, 0.29) is 5.91 Å². The SMILES string of the molecule is O=C(CCn1ccc2ccccc21)Nc1ccc(SCc2cccnc2)cc1. The molecule has 0 aliphatic rings. The number of aromatic nitrogens is 2. The van der Waals surface area contributed by atoms with Crippen LogP contribution < -0.4 is 5.32 Å². The van der Waals surface area contributed by atoms with Crippen molar-refractivity contribution in [1.29, 1.82) is 0 Å². The monoisotopic (exact) mass is 387 g/mol. The van der Waals surface area contributed by atoms with Gasteiger partial charge in [-0.3, -0.25) is 9.78 Å². The Bertz CT molecular complexity index is 1060. The molecule has 2 aromatic heterocycles. The number of hydrogen-bond acceptors (Lipinski definition) is 3. The molecule has 0 aliphatic carbocycles. The lowest BCUT2D eigenvalue weighted by Gasteiger charge is -2.08. The van der Waals surface area contributed by atoms with Crippen LogP contribution in [0, 0.1) is 0 Å². The van der Waals surface area contributed by atoms with Gasteiger partial charge in [0, 0.05) is 53.4 Å². The summed E-state index contributed by atoms with van der Waals surface area (Å²) in [6, 6.07) is 22.3. The smallest absolute Gasteiger partial charge is 0.226 e. The summed E-state index contributed by atoms with van der Waals surface area (Å²) in [5, 5.41) is 4.18. The van der Waals surface area contributed by atoms with Crippen molar-refractivity contribution in [1.82, 2.24) is 9.55 Å². The Labute approximate surface area is 168 Å². The van der Waals surface area contributed by atoms with Gasteiger partial charge in [-0.25, -0.2) is 0 Å². The third-order valence-electron chi connectivity index (χ3n) is 4.53. The number of nitrogens with zero attached hydrogens (tertiary/aromatic N) is 2. The molecule has 4 rings (SSSR count). The molecular formula is C23H21N3OS. The Balaban J connectivity index is 1.28. The van der Waals surface area contributed by atoms with E-state index in [0.29, 0.717) is 13.0 Å². The van der Waals surface area contributed by atoms with Gasteiger partial charge < -0.3 is 9.88 Å². The summed E-state index contributed by atoms with van der Waals surface area (Å²) < 4.78 is 2.12. The van der Waals surface area contributed by atoms with E-state index in [1.807, 2.05) is 54.9 Å². The number of nitrogens with one attached hydrogen (secondary N) is 1. The second-order valence-electron chi connectivity index (χ2n) is 6.54. The second kappa shape index (κ2) is 8.76. The van der Waals surface area contributed by atoms with E-state index in [1.54, 1.807) is 18.0 Å². The minimum atomic E-state index is 0.0218. The first-order chi connectivity index (χ1) is 13.8. The number of pyridine rings is 1. The largest absolute Gasteiger partial charge is 0.347 e. The molecule has 1 amide bonds. The van der Waals surface area contributed by atoms with Crippen molar-refractivity contribution in [3.63, 3.8) is 0 Å². The molecule has 5 heteroatoms. The number of anilines is 1. The second-order valence-corrected chi connectivity index (χ2v) is 7.59. The van der Waals surface area contributed by atoms with Crippen molar-refractivity contribution in [2.45, 2.75) is 23.6 Å². The number of rotatable bonds is 7. The number of fused-ring (bicyclic) bond motifs is 1. The van der Waals surface area contributed by atoms with Crippen molar-refractivity contribution in [3.8, 4) is 0 Å². The first kappa shape index (κ1) is 18.3. The molecule has 2 heterocycles.